The van der Waals surface area contributed by atoms with Gasteiger partial charge in [0.2, 0.25) is 0 Å². The Morgan fingerprint density at radius 3 is 2.70 bits per heavy atom. The Morgan fingerprint density at radius 2 is 2.04 bits per heavy atom. The average molecular weight is 309 g/mol. The molecule has 1 unspecified atom stereocenters. The van der Waals surface area contributed by atoms with Crippen LogP contribution in [0.3, 0.4) is 0 Å². The molecule has 1 aromatic carbocycles. The second-order valence-corrected chi connectivity index (χ2v) is 6.22. The number of carbonyl (C=O) groups is 1. The lowest BCUT2D eigenvalue weighted by molar-refractivity contribution is -0.00786. The van der Waals surface area contributed by atoms with Gasteiger partial charge in [-0.05, 0) is 18.9 Å². The standard InChI is InChI=1S/C18H19N3O2/c19-15-14(6-9-20-16(15)13-4-2-1-3-5-13)17(22)21-10-7-18(21)8-11-23-12-18/h1-6,9H,7-8,10-12,19H2. The van der Waals surface area contributed by atoms with Crippen molar-refractivity contribution in [2.45, 2.75) is 18.4 Å². The summed E-state index contributed by atoms with van der Waals surface area (Å²) < 4.78 is 5.50. The lowest BCUT2D eigenvalue weighted by Crippen LogP contribution is -2.62. The molecule has 2 saturated heterocycles. The predicted octanol–water partition coefficient (Wildman–Crippen LogP) is 2.34. The van der Waals surface area contributed by atoms with Crippen LogP contribution >= 0.6 is 0 Å². The van der Waals surface area contributed by atoms with Gasteiger partial charge in [-0.1, -0.05) is 30.3 Å². The number of nitrogen functional groups attached to an aromatic ring is 1. The molecule has 0 saturated carbocycles. The van der Waals surface area contributed by atoms with Crippen molar-refractivity contribution in [3.63, 3.8) is 0 Å². The Bertz CT molecular complexity index is 739. The monoisotopic (exact) mass is 309 g/mol. The van der Waals surface area contributed by atoms with E-state index >= 15 is 0 Å². The fraction of sp³-hybridized carbons (Fsp3) is 0.333. The highest BCUT2D eigenvalue weighted by Gasteiger charge is 2.50. The molecular weight excluding hydrogens is 290 g/mol. The van der Waals surface area contributed by atoms with E-state index in [-0.39, 0.29) is 11.4 Å². The van der Waals surface area contributed by atoms with E-state index in [1.807, 2.05) is 35.2 Å². The van der Waals surface area contributed by atoms with Gasteiger partial charge in [0.25, 0.3) is 5.91 Å². The highest BCUT2D eigenvalue weighted by molar-refractivity contribution is 6.02. The van der Waals surface area contributed by atoms with Crippen LogP contribution in [0.25, 0.3) is 11.3 Å². The highest BCUT2D eigenvalue weighted by atomic mass is 16.5. The van der Waals surface area contributed by atoms with E-state index < -0.39 is 0 Å². The van der Waals surface area contributed by atoms with Crippen LogP contribution in [0.2, 0.25) is 0 Å². The first-order valence-corrected chi connectivity index (χ1v) is 7.91. The fourth-order valence-electron chi connectivity index (χ4n) is 3.49. The Balaban J connectivity index is 1.69. The number of pyridine rings is 1. The van der Waals surface area contributed by atoms with Crippen molar-refractivity contribution in [3.05, 3.63) is 48.2 Å². The van der Waals surface area contributed by atoms with Crippen molar-refractivity contribution < 1.29 is 9.53 Å². The molecule has 2 aliphatic rings. The molecule has 1 amide bonds. The van der Waals surface area contributed by atoms with Crippen molar-refractivity contribution in [1.82, 2.24) is 9.88 Å². The van der Waals surface area contributed by atoms with E-state index in [1.165, 1.54) is 0 Å². The van der Waals surface area contributed by atoms with Gasteiger partial charge in [-0.25, -0.2) is 0 Å². The summed E-state index contributed by atoms with van der Waals surface area (Å²) in [4.78, 5) is 19.2. The highest BCUT2D eigenvalue weighted by Crippen LogP contribution is 2.40. The molecule has 23 heavy (non-hydrogen) atoms. The molecule has 118 valence electrons. The molecule has 5 nitrogen and oxygen atoms in total. The molecule has 4 rings (SSSR count). The third kappa shape index (κ3) is 2.19. The number of amides is 1. The number of aromatic nitrogens is 1. The molecule has 0 aliphatic carbocycles. The van der Waals surface area contributed by atoms with Gasteiger partial charge < -0.3 is 15.4 Å². The van der Waals surface area contributed by atoms with E-state index in [4.69, 9.17) is 10.5 Å². The fourth-order valence-corrected chi connectivity index (χ4v) is 3.49. The third-order valence-electron chi connectivity index (χ3n) is 4.97. The number of likely N-dealkylation sites (tertiary alicyclic amines) is 1. The van der Waals surface area contributed by atoms with Crippen molar-refractivity contribution in [3.8, 4) is 11.3 Å². The van der Waals surface area contributed by atoms with Crippen LogP contribution in [0.1, 0.15) is 23.2 Å². The van der Waals surface area contributed by atoms with Gasteiger partial charge in [0.15, 0.2) is 0 Å². The summed E-state index contributed by atoms with van der Waals surface area (Å²) in [6.45, 7) is 2.13. The second-order valence-electron chi connectivity index (χ2n) is 6.22. The van der Waals surface area contributed by atoms with E-state index in [1.54, 1.807) is 12.3 Å². The number of ether oxygens (including phenoxy) is 1. The molecule has 5 heteroatoms. The molecule has 1 aromatic heterocycles. The normalized spacial score (nSPS) is 23.0. The predicted molar refractivity (Wildman–Crippen MR) is 87.9 cm³/mol. The maximum Gasteiger partial charge on any atom is 0.256 e. The van der Waals surface area contributed by atoms with E-state index in [0.717, 1.165) is 31.6 Å². The molecule has 2 fully saturated rings. The van der Waals surface area contributed by atoms with Crippen molar-refractivity contribution >= 4 is 11.6 Å². The number of nitrogens with zero attached hydrogens (tertiary/aromatic N) is 2. The molecule has 2 N–H and O–H groups in total. The molecular formula is C18H19N3O2. The molecule has 3 heterocycles. The molecule has 2 aromatic rings. The number of hydrogen-bond acceptors (Lipinski definition) is 4. The summed E-state index contributed by atoms with van der Waals surface area (Å²) in [5.74, 6) is -0.0150. The van der Waals surface area contributed by atoms with E-state index in [9.17, 15) is 4.79 Å². The Morgan fingerprint density at radius 1 is 1.22 bits per heavy atom. The zero-order chi connectivity index (χ0) is 15.9. The lowest BCUT2D eigenvalue weighted by atomic mass is 9.83. The Hall–Kier alpha value is -2.40. The van der Waals surface area contributed by atoms with Crippen molar-refractivity contribution in [2.75, 3.05) is 25.5 Å². The maximum absolute atomic E-state index is 13.0. The van der Waals surface area contributed by atoms with Gasteiger partial charge in [-0.2, -0.15) is 0 Å². The number of rotatable bonds is 2. The summed E-state index contributed by atoms with van der Waals surface area (Å²) in [7, 11) is 0. The number of benzene rings is 1. The lowest BCUT2D eigenvalue weighted by Gasteiger charge is -2.49. The first kappa shape index (κ1) is 14.2. The molecule has 2 aliphatic heterocycles. The Kier molecular flexibility index (Phi) is 3.31. The summed E-state index contributed by atoms with van der Waals surface area (Å²) >= 11 is 0. The topological polar surface area (TPSA) is 68.5 Å². The SMILES string of the molecule is Nc1c(C(=O)N2CCC23CCOC3)ccnc1-c1ccccc1. The Labute approximate surface area is 135 Å². The summed E-state index contributed by atoms with van der Waals surface area (Å²) in [6.07, 6.45) is 3.58. The molecule has 0 bridgehead atoms. The first-order chi connectivity index (χ1) is 11.2. The quantitative estimate of drug-likeness (QED) is 0.924. The van der Waals surface area contributed by atoms with Gasteiger partial charge in [0, 0.05) is 24.9 Å². The summed E-state index contributed by atoms with van der Waals surface area (Å²) in [5, 5.41) is 0. The van der Waals surface area contributed by atoms with Gasteiger partial charge in [0.1, 0.15) is 0 Å². The van der Waals surface area contributed by atoms with E-state index in [2.05, 4.69) is 4.98 Å². The minimum Gasteiger partial charge on any atom is -0.396 e. The van der Waals surface area contributed by atoms with Crippen molar-refractivity contribution in [2.24, 2.45) is 0 Å². The summed E-state index contributed by atoms with van der Waals surface area (Å²) in [5.41, 5.74) is 8.73. The molecule has 1 spiro atoms. The molecule has 1 atom stereocenters. The second kappa shape index (κ2) is 5.35. The van der Waals surface area contributed by atoms with Crippen LogP contribution in [0.5, 0.6) is 0 Å². The average Bonchev–Trinajstić information content (AvgIpc) is 3.07. The number of nitrogens with two attached hydrogens (primary N) is 1. The number of hydrogen-bond donors (Lipinski definition) is 1. The largest absolute Gasteiger partial charge is 0.396 e. The first-order valence-electron chi connectivity index (χ1n) is 7.91. The summed E-state index contributed by atoms with van der Waals surface area (Å²) in [6, 6.07) is 11.4. The third-order valence-corrected chi connectivity index (χ3v) is 4.97. The van der Waals surface area contributed by atoms with Crippen LogP contribution < -0.4 is 5.73 Å². The number of carbonyl (C=O) groups excluding carboxylic acids is 1. The van der Waals surface area contributed by atoms with Gasteiger partial charge in [-0.3, -0.25) is 9.78 Å². The van der Waals surface area contributed by atoms with Crippen LogP contribution in [0.15, 0.2) is 42.6 Å². The smallest absolute Gasteiger partial charge is 0.256 e. The van der Waals surface area contributed by atoms with Crippen LogP contribution in [0, 0.1) is 0 Å². The van der Waals surface area contributed by atoms with Gasteiger partial charge in [-0.15, -0.1) is 0 Å². The minimum absolute atomic E-state index is 0.0150. The van der Waals surface area contributed by atoms with Crippen molar-refractivity contribution in [1.29, 1.82) is 0 Å². The molecule has 0 radical (unpaired) electrons. The van der Waals surface area contributed by atoms with Crippen LogP contribution in [-0.2, 0) is 4.74 Å². The number of anilines is 1. The van der Waals surface area contributed by atoms with E-state index in [0.29, 0.717) is 23.6 Å². The zero-order valence-corrected chi connectivity index (χ0v) is 12.9. The zero-order valence-electron chi connectivity index (χ0n) is 12.9. The minimum atomic E-state index is -0.111. The van der Waals surface area contributed by atoms with Crippen LogP contribution in [0.4, 0.5) is 5.69 Å². The van der Waals surface area contributed by atoms with Gasteiger partial charge >= 0.3 is 0 Å². The van der Waals surface area contributed by atoms with Gasteiger partial charge in [0.05, 0.1) is 29.1 Å². The van der Waals surface area contributed by atoms with Crippen LogP contribution in [-0.4, -0.2) is 41.1 Å². The maximum atomic E-state index is 13.0.